The molecule has 0 aromatic heterocycles. The molecule has 72 valence electrons. The standard InChI is InChI=1S/C9H11FO3/c1-6-3-4-7(5-8(6)10)13-9(11)12-2/h5H,3-4H2,1-2H3. The molecule has 13 heavy (non-hydrogen) atoms. The Hall–Kier alpha value is -1.32. The summed E-state index contributed by atoms with van der Waals surface area (Å²) in [5.74, 6) is -0.0138. The van der Waals surface area contributed by atoms with Crippen LogP contribution in [0.2, 0.25) is 0 Å². The number of hydrogen-bond acceptors (Lipinski definition) is 3. The molecule has 0 aromatic carbocycles. The molecular formula is C9H11FO3. The summed E-state index contributed by atoms with van der Waals surface area (Å²) < 4.78 is 21.9. The van der Waals surface area contributed by atoms with Crippen molar-refractivity contribution in [2.24, 2.45) is 0 Å². The molecule has 0 heterocycles. The average Bonchev–Trinajstić information content (AvgIpc) is 2.11. The molecule has 0 aliphatic heterocycles. The van der Waals surface area contributed by atoms with E-state index in [9.17, 15) is 9.18 Å². The Labute approximate surface area is 75.8 Å². The molecule has 1 aliphatic rings. The van der Waals surface area contributed by atoms with Crippen molar-refractivity contribution in [1.82, 2.24) is 0 Å². The fraction of sp³-hybridized carbons (Fsp3) is 0.444. The third-order valence-electron chi connectivity index (χ3n) is 1.82. The van der Waals surface area contributed by atoms with Crippen LogP contribution in [0.4, 0.5) is 9.18 Å². The lowest BCUT2D eigenvalue weighted by Gasteiger charge is -2.12. The number of ether oxygens (including phenoxy) is 2. The van der Waals surface area contributed by atoms with Gasteiger partial charge in [0.2, 0.25) is 0 Å². The molecule has 0 spiro atoms. The Morgan fingerprint density at radius 2 is 2.23 bits per heavy atom. The van der Waals surface area contributed by atoms with Crippen LogP contribution < -0.4 is 0 Å². The van der Waals surface area contributed by atoms with Gasteiger partial charge in [0.1, 0.15) is 11.6 Å². The summed E-state index contributed by atoms with van der Waals surface area (Å²) in [6, 6.07) is 0. The SMILES string of the molecule is COC(=O)OC1=CC(F)=C(C)CC1. The lowest BCUT2D eigenvalue weighted by molar-refractivity contribution is 0.0943. The number of hydrogen-bond donors (Lipinski definition) is 0. The molecular weight excluding hydrogens is 175 g/mol. The quantitative estimate of drug-likeness (QED) is 0.590. The minimum absolute atomic E-state index is 0.315. The van der Waals surface area contributed by atoms with Crippen LogP contribution in [-0.4, -0.2) is 13.3 Å². The second-order valence-electron chi connectivity index (χ2n) is 2.80. The lowest BCUT2D eigenvalue weighted by atomic mass is 10.0. The van der Waals surface area contributed by atoms with Gasteiger partial charge in [-0.2, -0.15) is 0 Å². The first kappa shape index (κ1) is 9.77. The first-order chi connectivity index (χ1) is 6.13. The second kappa shape index (κ2) is 4.07. The molecule has 1 rings (SSSR count). The van der Waals surface area contributed by atoms with Gasteiger partial charge in [-0.15, -0.1) is 0 Å². The van der Waals surface area contributed by atoms with E-state index in [0.717, 1.165) is 0 Å². The van der Waals surface area contributed by atoms with Crippen LogP contribution in [-0.2, 0) is 9.47 Å². The predicted octanol–water partition coefficient (Wildman–Crippen LogP) is 2.69. The Kier molecular flexibility index (Phi) is 3.06. The minimum Gasteiger partial charge on any atom is -0.437 e. The fourth-order valence-corrected chi connectivity index (χ4v) is 0.996. The highest BCUT2D eigenvalue weighted by Crippen LogP contribution is 2.25. The second-order valence-corrected chi connectivity index (χ2v) is 2.80. The summed E-state index contributed by atoms with van der Waals surface area (Å²) in [6.45, 7) is 1.71. The zero-order valence-corrected chi connectivity index (χ0v) is 7.59. The van der Waals surface area contributed by atoms with Gasteiger partial charge in [0, 0.05) is 12.5 Å². The maximum Gasteiger partial charge on any atom is 0.513 e. The number of halogens is 1. The van der Waals surface area contributed by atoms with E-state index in [0.29, 0.717) is 24.2 Å². The molecule has 0 N–H and O–H groups in total. The molecule has 0 bridgehead atoms. The molecule has 1 aliphatic carbocycles. The number of allylic oxidation sites excluding steroid dienone is 4. The van der Waals surface area contributed by atoms with Crippen molar-refractivity contribution in [3.63, 3.8) is 0 Å². The molecule has 0 radical (unpaired) electrons. The number of rotatable bonds is 1. The van der Waals surface area contributed by atoms with Gasteiger partial charge in [0.25, 0.3) is 0 Å². The summed E-state index contributed by atoms with van der Waals surface area (Å²) in [5.41, 5.74) is 0.678. The topological polar surface area (TPSA) is 35.5 Å². The summed E-state index contributed by atoms with van der Waals surface area (Å²) in [5, 5.41) is 0. The first-order valence-corrected chi connectivity index (χ1v) is 3.95. The highest BCUT2D eigenvalue weighted by atomic mass is 19.1. The van der Waals surface area contributed by atoms with Gasteiger partial charge in [-0.25, -0.2) is 9.18 Å². The third kappa shape index (κ3) is 2.57. The van der Waals surface area contributed by atoms with E-state index in [2.05, 4.69) is 9.47 Å². The van der Waals surface area contributed by atoms with Crippen LogP contribution in [0.1, 0.15) is 19.8 Å². The monoisotopic (exact) mass is 186 g/mol. The van der Waals surface area contributed by atoms with E-state index in [1.807, 2.05) is 0 Å². The van der Waals surface area contributed by atoms with Crippen LogP contribution in [0.3, 0.4) is 0 Å². The third-order valence-corrected chi connectivity index (χ3v) is 1.82. The van der Waals surface area contributed by atoms with Gasteiger partial charge in [-0.1, -0.05) is 0 Å². The molecule has 0 atom stereocenters. The maximum atomic E-state index is 13.0. The van der Waals surface area contributed by atoms with E-state index < -0.39 is 6.16 Å². The predicted molar refractivity (Wildman–Crippen MR) is 44.6 cm³/mol. The smallest absolute Gasteiger partial charge is 0.437 e. The summed E-state index contributed by atoms with van der Waals surface area (Å²) in [6.07, 6.45) is 1.53. The average molecular weight is 186 g/mol. The normalized spacial score (nSPS) is 16.7. The van der Waals surface area contributed by atoms with Crippen LogP contribution >= 0.6 is 0 Å². The van der Waals surface area contributed by atoms with Gasteiger partial charge >= 0.3 is 6.16 Å². The Bertz CT molecular complexity index is 279. The van der Waals surface area contributed by atoms with E-state index in [-0.39, 0.29) is 5.83 Å². The number of methoxy groups -OCH3 is 1. The minimum atomic E-state index is -0.807. The Morgan fingerprint density at radius 1 is 1.54 bits per heavy atom. The van der Waals surface area contributed by atoms with Gasteiger partial charge < -0.3 is 9.47 Å². The number of carbonyl (C=O) groups excluding carboxylic acids is 1. The summed E-state index contributed by atoms with van der Waals surface area (Å²) in [4.78, 5) is 10.6. The highest BCUT2D eigenvalue weighted by molar-refractivity contribution is 5.61. The molecule has 0 fully saturated rings. The van der Waals surface area contributed by atoms with Crippen molar-refractivity contribution in [3.8, 4) is 0 Å². The van der Waals surface area contributed by atoms with Crippen molar-refractivity contribution < 1.29 is 18.7 Å². The summed E-state index contributed by atoms with van der Waals surface area (Å²) >= 11 is 0. The zero-order valence-electron chi connectivity index (χ0n) is 7.59. The number of carbonyl (C=O) groups is 1. The van der Waals surface area contributed by atoms with Crippen molar-refractivity contribution in [1.29, 1.82) is 0 Å². The molecule has 0 amide bonds. The van der Waals surface area contributed by atoms with Gasteiger partial charge in [0.05, 0.1) is 7.11 Å². The largest absolute Gasteiger partial charge is 0.513 e. The van der Waals surface area contributed by atoms with Crippen LogP contribution in [0.15, 0.2) is 23.2 Å². The summed E-state index contributed by atoms with van der Waals surface area (Å²) in [7, 11) is 1.21. The van der Waals surface area contributed by atoms with Crippen LogP contribution in [0, 0.1) is 0 Å². The van der Waals surface area contributed by atoms with Crippen molar-refractivity contribution in [2.75, 3.05) is 7.11 Å². The first-order valence-electron chi connectivity index (χ1n) is 3.95. The molecule has 0 unspecified atom stereocenters. The van der Waals surface area contributed by atoms with E-state index in [1.165, 1.54) is 13.2 Å². The zero-order chi connectivity index (χ0) is 9.84. The van der Waals surface area contributed by atoms with Gasteiger partial charge in [-0.3, -0.25) is 0 Å². The van der Waals surface area contributed by atoms with Crippen LogP contribution in [0.5, 0.6) is 0 Å². The van der Waals surface area contributed by atoms with Crippen molar-refractivity contribution in [2.45, 2.75) is 19.8 Å². The maximum absolute atomic E-state index is 13.0. The van der Waals surface area contributed by atoms with E-state index in [1.54, 1.807) is 6.92 Å². The van der Waals surface area contributed by atoms with Crippen molar-refractivity contribution in [3.05, 3.63) is 23.2 Å². The van der Waals surface area contributed by atoms with E-state index >= 15 is 0 Å². The molecule has 0 saturated heterocycles. The Morgan fingerprint density at radius 3 is 2.77 bits per heavy atom. The lowest BCUT2D eigenvalue weighted by Crippen LogP contribution is -2.06. The van der Waals surface area contributed by atoms with Crippen LogP contribution in [0.25, 0.3) is 0 Å². The van der Waals surface area contributed by atoms with Gasteiger partial charge in [-0.05, 0) is 18.9 Å². The Balaban J connectivity index is 2.63. The van der Waals surface area contributed by atoms with E-state index in [4.69, 9.17) is 0 Å². The highest BCUT2D eigenvalue weighted by Gasteiger charge is 2.14. The fourth-order valence-electron chi connectivity index (χ4n) is 0.996. The van der Waals surface area contributed by atoms with Crippen molar-refractivity contribution >= 4 is 6.16 Å². The molecule has 0 saturated carbocycles. The molecule has 0 aromatic rings. The molecule has 4 heteroatoms. The molecule has 3 nitrogen and oxygen atoms in total. The van der Waals surface area contributed by atoms with Gasteiger partial charge in [0.15, 0.2) is 0 Å².